The highest BCUT2D eigenvalue weighted by Gasteiger charge is 2.25. The molecule has 2 fully saturated rings. The van der Waals surface area contributed by atoms with Crippen molar-refractivity contribution in [3.8, 4) is 0 Å². The number of carbonyl (C=O) groups excluding carboxylic acids is 1. The third-order valence-electron chi connectivity index (χ3n) is 4.48. The Morgan fingerprint density at radius 1 is 1.42 bits per heavy atom. The molecule has 1 amide bonds. The summed E-state index contributed by atoms with van der Waals surface area (Å²) in [6, 6.07) is 4.19. The molecule has 24 heavy (non-hydrogen) atoms. The summed E-state index contributed by atoms with van der Waals surface area (Å²) >= 11 is 0. The van der Waals surface area contributed by atoms with Crippen LogP contribution in [0.3, 0.4) is 0 Å². The van der Waals surface area contributed by atoms with E-state index in [0.717, 1.165) is 5.69 Å². The van der Waals surface area contributed by atoms with Crippen molar-refractivity contribution in [1.29, 1.82) is 0 Å². The quantitative estimate of drug-likeness (QED) is 0.878. The maximum atomic E-state index is 13.7. The van der Waals surface area contributed by atoms with Gasteiger partial charge in [0.25, 0.3) is 0 Å². The van der Waals surface area contributed by atoms with Crippen LogP contribution in [0, 0.1) is 5.82 Å². The smallest absolute Gasteiger partial charge is 0.408 e. The van der Waals surface area contributed by atoms with E-state index in [-0.39, 0.29) is 18.0 Å². The van der Waals surface area contributed by atoms with Gasteiger partial charge in [-0.05, 0) is 38.0 Å². The molecule has 2 aliphatic rings. The monoisotopic (exact) mass is 338 g/mol. The Morgan fingerprint density at radius 2 is 2.12 bits per heavy atom. The van der Waals surface area contributed by atoms with Crippen molar-refractivity contribution in [2.45, 2.75) is 38.0 Å². The fraction of sp³-hybridized carbons (Fsp3) is 0.588. The van der Waals surface area contributed by atoms with E-state index in [0.29, 0.717) is 44.7 Å². The third kappa shape index (κ3) is 3.96. The minimum Gasteiger partial charge on any atom is -0.441 e. The molecular formula is C17H23FN2O4. The van der Waals surface area contributed by atoms with Crippen LogP contribution in [-0.4, -0.2) is 49.7 Å². The summed E-state index contributed by atoms with van der Waals surface area (Å²) in [5.74, 6) is -0.347. The number of ether oxygens (including phenoxy) is 2. The highest BCUT2D eigenvalue weighted by atomic mass is 19.1. The van der Waals surface area contributed by atoms with Crippen molar-refractivity contribution in [2.75, 3.05) is 31.2 Å². The second-order valence-electron chi connectivity index (χ2n) is 6.35. The summed E-state index contributed by atoms with van der Waals surface area (Å²) in [5.41, 5.74) is 1.58. The first-order valence-corrected chi connectivity index (χ1v) is 8.30. The molecule has 2 aliphatic heterocycles. The van der Waals surface area contributed by atoms with Crippen LogP contribution in [0.25, 0.3) is 0 Å². The summed E-state index contributed by atoms with van der Waals surface area (Å²) in [4.78, 5) is 14.0. The summed E-state index contributed by atoms with van der Waals surface area (Å²) in [6.07, 6.45) is 0.359. The van der Waals surface area contributed by atoms with Gasteiger partial charge in [-0.25, -0.2) is 9.18 Å². The molecule has 0 aliphatic carbocycles. The molecule has 0 bridgehead atoms. The predicted molar refractivity (Wildman–Crippen MR) is 86.5 cm³/mol. The lowest BCUT2D eigenvalue weighted by Gasteiger charge is -2.34. The Kier molecular flexibility index (Phi) is 5.20. The highest BCUT2D eigenvalue weighted by Crippen LogP contribution is 2.29. The number of hydrogen-bond acceptors (Lipinski definition) is 5. The van der Waals surface area contributed by atoms with Crippen molar-refractivity contribution in [3.05, 3.63) is 29.6 Å². The van der Waals surface area contributed by atoms with Crippen LogP contribution in [0.5, 0.6) is 0 Å². The zero-order valence-corrected chi connectivity index (χ0v) is 13.7. The average molecular weight is 338 g/mol. The number of aliphatic hydroxyl groups is 1. The van der Waals surface area contributed by atoms with E-state index in [1.807, 2.05) is 0 Å². The molecule has 0 spiro atoms. The third-order valence-corrected chi connectivity index (χ3v) is 4.48. The first-order chi connectivity index (χ1) is 11.5. The number of halogens is 1. The number of nitrogens with one attached hydrogen (secondary N) is 1. The molecule has 1 unspecified atom stereocenters. The minimum atomic E-state index is -0.528. The molecule has 3 rings (SSSR count). The summed E-state index contributed by atoms with van der Waals surface area (Å²) < 4.78 is 23.9. The van der Waals surface area contributed by atoms with Crippen LogP contribution >= 0.6 is 0 Å². The number of carbonyl (C=O) groups is 1. The number of hydrogen-bond donors (Lipinski definition) is 2. The second-order valence-corrected chi connectivity index (χ2v) is 6.35. The van der Waals surface area contributed by atoms with Gasteiger partial charge in [0.2, 0.25) is 0 Å². The lowest BCUT2D eigenvalue weighted by atomic mass is 10.0. The van der Waals surface area contributed by atoms with Crippen LogP contribution in [0.15, 0.2) is 18.2 Å². The van der Waals surface area contributed by atoms with Gasteiger partial charge in [0.05, 0.1) is 25.4 Å². The molecule has 6 nitrogen and oxygen atoms in total. The van der Waals surface area contributed by atoms with Gasteiger partial charge in [0, 0.05) is 24.3 Å². The lowest BCUT2D eigenvalue weighted by molar-refractivity contribution is -0.0983. The van der Waals surface area contributed by atoms with E-state index in [1.54, 1.807) is 13.0 Å². The Hall–Kier alpha value is -1.86. The van der Waals surface area contributed by atoms with Gasteiger partial charge in [0.1, 0.15) is 5.82 Å². The van der Waals surface area contributed by atoms with E-state index in [1.165, 1.54) is 12.1 Å². The Balaban J connectivity index is 1.70. The van der Waals surface area contributed by atoms with E-state index in [2.05, 4.69) is 10.2 Å². The van der Waals surface area contributed by atoms with Crippen LogP contribution < -0.4 is 10.2 Å². The van der Waals surface area contributed by atoms with Gasteiger partial charge < -0.3 is 24.8 Å². The molecule has 132 valence electrons. The molecule has 1 aromatic rings. The maximum Gasteiger partial charge on any atom is 0.408 e. The van der Waals surface area contributed by atoms with Crippen molar-refractivity contribution < 1.29 is 23.8 Å². The Bertz CT molecular complexity index is 586. The molecule has 2 N–H and O–H groups in total. The van der Waals surface area contributed by atoms with Crippen LogP contribution in [-0.2, 0) is 9.47 Å². The summed E-state index contributed by atoms with van der Waals surface area (Å²) in [7, 11) is 0. The number of amides is 1. The van der Waals surface area contributed by atoms with Crippen LogP contribution in [0.4, 0.5) is 14.9 Å². The number of benzene rings is 1. The van der Waals surface area contributed by atoms with Gasteiger partial charge in [-0.3, -0.25) is 0 Å². The van der Waals surface area contributed by atoms with Gasteiger partial charge >= 0.3 is 6.09 Å². The largest absolute Gasteiger partial charge is 0.441 e. The van der Waals surface area contributed by atoms with E-state index >= 15 is 0 Å². The molecular weight excluding hydrogens is 315 g/mol. The van der Waals surface area contributed by atoms with E-state index in [4.69, 9.17) is 9.47 Å². The van der Waals surface area contributed by atoms with Crippen molar-refractivity contribution in [2.24, 2.45) is 0 Å². The fourth-order valence-electron chi connectivity index (χ4n) is 2.99. The number of nitrogens with zero attached hydrogens (tertiary/aromatic N) is 1. The standard InChI is InChI=1S/C17H23FN2O4/c1-11(19-17(22)24-14-9-23-10-14)15-8-12(18)2-3-16(15)20-6-4-13(21)5-7-20/h2-3,8,11,13-14,21H,4-7,9-10H2,1H3,(H,19,22). The summed E-state index contributed by atoms with van der Waals surface area (Å²) in [5, 5.41) is 12.4. The molecule has 0 radical (unpaired) electrons. The SMILES string of the molecule is CC(NC(=O)OC1COC1)c1cc(F)ccc1N1CCC(O)CC1. The molecule has 2 heterocycles. The molecule has 1 aromatic carbocycles. The number of piperidine rings is 1. The molecule has 0 aromatic heterocycles. The van der Waals surface area contributed by atoms with Crippen molar-refractivity contribution in [1.82, 2.24) is 5.32 Å². The highest BCUT2D eigenvalue weighted by molar-refractivity contribution is 5.69. The number of rotatable bonds is 4. The predicted octanol–water partition coefficient (Wildman–Crippen LogP) is 1.97. The van der Waals surface area contributed by atoms with Gasteiger partial charge in [0.15, 0.2) is 6.10 Å². The van der Waals surface area contributed by atoms with E-state index in [9.17, 15) is 14.3 Å². The average Bonchev–Trinajstić information content (AvgIpc) is 2.52. The van der Waals surface area contributed by atoms with Crippen LogP contribution in [0.1, 0.15) is 31.4 Å². The summed E-state index contributed by atoms with van der Waals surface area (Å²) in [6.45, 7) is 4.05. The second kappa shape index (κ2) is 7.36. The van der Waals surface area contributed by atoms with Crippen LogP contribution in [0.2, 0.25) is 0 Å². The Labute approximate surface area is 140 Å². The molecule has 0 saturated carbocycles. The molecule has 2 saturated heterocycles. The van der Waals surface area contributed by atoms with Gasteiger partial charge in [-0.2, -0.15) is 0 Å². The zero-order chi connectivity index (χ0) is 17.1. The topological polar surface area (TPSA) is 71.0 Å². The Morgan fingerprint density at radius 3 is 2.75 bits per heavy atom. The number of anilines is 1. The fourth-order valence-corrected chi connectivity index (χ4v) is 2.99. The lowest BCUT2D eigenvalue weighted by Crippen LogP contribution is -2.41. The number of aliphatic hydroxyl groups excluding tert-OH is 1. The zero-order valence-electron chi connectivity index (χ0n) is 13.7. The van der Waals surface area contributed by atoms with Gasteiger partial charge in [-0.15, -0.1) is 0 Å². The van der Waals surface area contributed by atoms with Gasteiger partial charge in [-0.1, -0.05) is 0 Å². The van der Waals surface area contributed by atoms with Crippen molar-refractivity contribution in [3.63, 3.8) is 0 Å². The minimum absolute atomic E-state index is 0.201. The molecule has 7 heteroatoms. The normalized spacial score (nSPS) is 20.4. The molecule has 1 atom stereocenters. The van der Waals surface area contributed by atoms with E-state index < -0.39 is 12.1 Å². The first kappa shape index (κ1) is 17.0. The number of alkyl carbamates (subject to hydrolysis) is 1. The van der Waals surface area contributed by atoms with Crippen molar-refractivity contribution >= 4 is 11.8 Å². The first-order valence-electron chi connectivity index (χ1n) is 8.30. The maximum absolute atomic E-state index is 13.7.